The summed E-state index contributed by atoms with van der Waals surface area (Å²) in [7, 11) is 0. The maximum Gasteiger partial charge on any atom is 0.338 e. The number of ether oxygens (including phenoxy) is 2. The number of Topliss-reactive ketones (excluding diaryl/α,β-unsaturated/α-hetero) is 1. The van der Waals surface area contributed by atoms with Crippen LogP contribution in [-0.4, -0.2) is 33.1 Å². The van der Waals surface area contributed by atoms with Crippen LogP contribution in [0.25, 0.3) is 0 Å². The summed E-state index contributed by atoms with van der Waals surface area (Å²) in [5, 5.41) is 4.05. The van der Waals surface area contributed by atoms with Crippen LogP contribution in [0.5, 0.6) is 5.75 Å². The molecule has 28 heavy (non-hydrogen) atoms. The Hall–Kier alpha value is -3.48. The largest absolute Gasteiger partial charge is 0.493 e. The zero-order valence-corrected chi connectivity index (χ0v) is 15.8. The molecule has 144 valence electrons. The molecule has 0 aliphatic carbocycles. The summed E-state index contributed by atoms with van der Waals surface area (Å²) in [5.74, 6) is 0.102. The molecule has 0 bridgehead atoms. The Morgan fingerprint density at radius 2 is 1.82 bits per heavy atom. The van der Waals surface area contributed by atoms with E-state index >= 15 is 0 Å². The van der Waals surface area contributed by atoms with Gasteiger partial charge in [0.05, 0.1) is 18.7 Å². The number of esters is 1. The van der Waals surface area contributed by atoms with Crippen LogP contribution < -0.4 is 4.74 Å². The minimum Gasteiger partial charge on any atom is -0.493 e. The monoisotopic (exact) mass is 379 g/mol. The van der Waals surface area contributed by atoms with Gasteiger partial charge in [0.15, 0.2) is 5.78 Å². The lowest BCUT2D eigenvalue weighted by molar-refractivity contribution is 0.0469. The van der Waals surface area contributed by atoms with E-state index in [0.717, 1.165) is 5.56 Å². The molecular formula is C21H21N3O4. The molecule has 0 saturated heterocycles. The minimum atomic E-state index is -0.442. The second-order valence-electron chi connectivity index (χ2n) is 6.18. The second kappa shape index (κ2) is 8.94. The third-order valence-electron chi connectivity index (χ3n) is 4.13. The first kappa shape index (κ1) is 19.3. The fourth-order valence-corrected chi connectivity index (χ4v) is 2.68. The molecule has 3 rings (SSSR count). The van der Waals surface area contributed by atoms with Crippen LogP contribution in [0.3, 0.4) is 0 Å². The van der Waals surface area contributed by atoms with E-state index in [1.807, 2.05) is 19.1 Å². The normalized spacial score (nSPS) is 10.5. The number of carbonyl (C=O) groups is 2. The molecule has 7 heteroatoms. The molecule has 0 saturated carbocycles. The van der Waals surface area contributed by atoms with Gasteiger partial charge < -0.3 is 9.47 Å². The number of ketones is 1. The highest BCUT2D eigenvalue weighted by molar-refractivity contribution is 5.94. The lowest BCUT2D eigenvalue weighted by Crippen LogP contribution is -2.08. The lowest BCUT2D eigenvalue weighted by Gasteiger charge is -2.12. The Morgan fingerprint density at radius 3 is 2.46 bits per heavy atom. The van der Waals surface area contributed by atoms with Gasteiger partial charge >= 0.3 is 5.97 Å². The van der Waals surface area contributed by atoms with Crippen molar-refractivity contribution in [1.82, 2.24) is 14.8 Å². The summed E-state index contributed by atoms with van der Waals surface area (Å²) in [6.45, 7) is 4.44. The molecule has 1 aromatic heterocycles. The molecule has 0 radical (unpaired) electrons. The van der Waals surface area contributed by atoms with Gasteiger partial charge in [-0.2, -0.15) is 5.10 Å². The Morgan fingerprint density at radius 1 is 1.07 bits per heavy atom. The first-order valence-corrected chi connectivity index (χ1v) is 8.92. The number of aromatic nitrogens is 3. The van der Waals surface area contributed by atoms with Crippen molar-refractivity contribution in [2.75, 3.05) is 6.61 Å². The molecule has 0 N–H and O–H groups in total. The van der Waals surface area contributed by atoms with Gasteiger partial charge in [-0.25, -0.2) is 14.5 Å². The Kier molecular flexibility index (Phi) is 6.16. The molecule has 0 aliphatic rings. The van der Waals surface area contributed by atoms with Gasteiger partial charge in [0.25, 0.3) is 0 Å². The summed E-state index contributed by atoms with van der Waals surface area (Å²) in [6.07, 6.45) is 3.11. The van der Waals surface area contributed by atoms with Crippen LogP contribution in [0.15, 0.2) is 55.1 Å². The highest BCUT2D eigenvalue weighted by Gasteiger charge is 2.12. The molecule has 7 nitrogen and oxygen atoms in total. The fourth-order valence-electron chi connectivity index (χ4n) is 2.68. The highest BCUT2D eigenvalue weighted by atomic mass is 16.5. The Bertz CT molecular complexity index is 950. The molecule has 2 aromatic carbocycles. The standard InChI is InChI=1S/C21H21N3O4/c1-3-27-20-9-8-18(15(2)25)10-19(20)12-28-21(26)17-6-4-16(5-7-17)11-24-14-22-13-23-24/h4-10,13-14H,3,11-12H2,1-2H3. The summed E-state index contributed by atoms with van der Waals surface area (Å²) in [4.78, 5) is 27.9. The van der Waals surface area contributed by atoms with Gasteiger partial charge in [-0.1, -0.05) is 12.1 Å². The lowest BCUT2D eigenvalue weighted by atomic mass is 10.1. The molecule has 0 spiro atoms. The first-order valence-electron chi connectivity index (χ1n) is 8.92. The molecule has 0 amide bonds. The van der Waals surface area contributed by atoms with Crippen molar-refractivity contribution < 1.29 is 19.1 Å². The number of carbonyl (C=O) groups excluding carboxylic acids is 2. The van der Waals surface area contributed by atoms with Crippen LogP contribution >= 0.6 is 0 Å². The van der Waals surface area contributed by atoms with E-state index in [9.17, 15) is 9.59 Å². The number of hydrogen-bond acceptors (Lipinski definition) is 6. The van der Waals surface area contributed by atoms with Gasteiger partial charge in [0.2, 0.25) is 0 Å². The van der Waals surface area contributed by atoms with E-state index in [1.54, 1.807) is 41.3 Å². The van der Waals surface area contributed by atoms with E-state index in [-0.39, 0.29) is 12.4 Å². The van der Waals surface area contributed by atoms with Crippen molar-refractivity contribution in [3.63, 3.8) is 0 Å². The maximum atomic E-state index is 12.4. The summed E-state index contributed by atoms with van der Waals surface area (Å²) in [6, 6.07) is 12.2. The molecular weight excluding hydrogens is 358 g/mol. The topological polar surface area (TPSA) is 83.3 Å². The van der Waals surface area contributed by atoms with E-state index in [4.69, 9.17) is 9.47 Å². The number of nitrogens with zero attached hydrogens (tertiary/aromatic N) is 3. The van der Waals surface area contributed by atoms with E-state index in [0.29, 0.717) is 35.6 Å². The van der Waals surface area contributed by atoms with E-state index in [2.05, 4.69) is 10.1 Å². The van der Waals surface area contributed by atoms with Crippen molar-refractivity contribution in [2.24, 2.45) is 0 Å². The minimum absolute atomic E-state index is 0.0238. The van der Waals surface area contributed by atoms with Crippen molar-refractivity contribution in [3.05, 3.63) is 77.4 Å². The SMILES string of the molecule is CCOc1ccc(C(C)=O)cc1COC(=O)c1ccc(Cn2cncn2)cc1. The van der Waals surface area contributed by atoms with Crippen molar-refractivity contribution >= 4 is 11.8 Å². The Balaban J connectivity index is 1.66. The first-order chi connectivity index (χ1) is 13.6. The van der Waals surface area contributed by atoms with Crippen LogP contribution in [0, 0.1) is 0 Å². The maximum absolute atomic E-state index is 12.4. The van der Waals surface area contributed by atoms with Gasteiger partial charge in [-0.05, 0) is 49.7 Å². The zero-order chi connectivity index (χ0) is 19.9. The number of rotatable bonds is 8. The number of hydrogen-bond donors (Lipinski definition) is 0. The molecule has 1 heterocycles. The van der Waals surface area contributed by atoms with E-state index in [1.165, 1.54) is 13.3 Å². The molecule has 0 atom stereocenters. The second-order valence-corrected chi connectivity index (χ2v) is 6.18. The average molecular weight is 379 g/mol. The average Bonchev–Trinajstić information content (AvgIpc) is 3.20. The predicted molar refractivity (Wildman–Crippen MR) is 102 cm³/mol. The number of benzene rings is 2. The summed E-state index contributed by atoms with van der Waals surface area (Å²) in [5.41, 5.74) is 2.65. The third-order valence-corrected chi connectivity index (χ3v) is 4.13. The van der Waals surface area contributed by atoms with Crippen LogP contribution in [0.2, 0.25) is 0 Å². The van der Waals surface area contributed by atoms with Crippen molar-refractivity contribution in [1.29, 1.82) is 0 Å². The zero-order valence-electron chi connectivity index (χ0n) is 15.8. The summed E-state index contributed by atoms with van der Waals surface area (Å²) < 4.78 is 12.7. The van der Waals surface area contributed by atoms with Crippen LogP contribution in [-0.2, 0) is 17.9 Å². The van der Waals surface area contributed by atoms with Crippen LogP contribution in [0.4, 0.5) is 0 Å². The summed E-state index contributed by atoms with van der Waals surface area (Å²) >= 11 is 0. The fraction of sp³-hybridized carbons (Fsp3) is 0.238. The molecule has 0 aliphatic heterocycles. The van der Waals surface area contributed by atoms with Gasteiger partial charge in [-0.3, -0.25) is 4.79 Å². The highest BCUT2D eigenvalue weighted by Crippen LogP contribution is 2.22. The van der Waals surface area contributed by atoms with Gasteiger partial charge in [0, 0.05) is 11.1 Å². The smallest absolute Gasteiger partial charge is 0.338 e. The van der Waals surface area contributed by atoms with Gasteiger partial charge in [0.1, 0.15) is 25.0 Å². The molecule has 0 unspecified atom stereocenters. The van der Waals surface area contributed by atoms with Crippen molar-refractivity contribution in [3.8, 4) is 5.75 Å². The predicted octanol–water partition coefficient (Wildman–Crippen LogP) is 3.28. The quantitative estimate of drug-likeness (QED) is 0.441. The molecule has 0 fully saturated rings. The van der Waals surface area contributed by atoms with Gasteiger partial charge in [-0.15, -0.1) is 0 Å². The Labute approximate surface area is 162 Å². The van der Waals surface area contributed by atoms with Crippen molar-refractivity contribution in [2.45, 2.75) is 27.0 Å². The third kappa shape index (κ3) is 4.82. The molecule has 3 aromatic rings. The van der Waals surface area contributed by atoms with E-state index < -0.39 is 5.97 Å². The van der Waals surface area contributed by atoms with Crippen LogP contribution in [0.1, 0.15) is 45.7 Å².